The highest BCUT2D eigenvalue weighted by atomic mass is 16.5. The molecular weight excluding hydrogens is 220 g/mol. The highest BCUT2D eigenvalue weighted by Crippen LogP contribution is 2.34. The van der Waals surface area contributed by atoms with Crippen LogP contribution in [-0.4, -0.2) is 20.1 Å². The summed E-state index contributed by atoms with van der Waals surface area (Å²) in [6.07, 6.45) is -0.186. The fourth-order valence-corrected chi connectivity index (χ4v) is 1.52. The molecule has 1 aromatic rings. The molecule has 1 N–H and O–H groups in total. The molecule has 0 aliphatic heterocycles. The highest BCUT2D eigenvalue weighted by molar-refractivity contribution is 5.94. The van der Waals surface area contributed by atoms with Crippen LogP contribution in [0.4, 0.5) is 5.69 Å². The van der Waals surface area contributed by atoms with Crippen LogP contribution in [0.2, 0.25) is 0 Å². The molecule has 0 radical (unpaired) electrons. The van der Waals surface area contributed by atoms with E-state index in [1.54, 1.807) is 25.3 Å². The van der Waals surface area contributed by atoms with E-state index in [1.165, 1.54) is 7.11 Å². The summed E-state index contributed by atoms with van der Waals surface area (Å²) in [5.41, 5.74) is 1.33. The minimum atomic E-state index is -0.365. The zero-order valence-corrected chi connectivity index (χ0v) is 10.0. The number of rotatable bonds is 4. The SMILES string of the molecule is COc1ccc(NC(=O)CC#N)c(OC)c1C. The number of hydrogen-bond donors (Lipinski definition) is 1. The van der Waals surface area contributed by atoms with Crippen LogP contribution in [0.15, 0.2) is 12.1 Å². The second kappa shape index (κ2) is 5.75. The molecule has 5 nitrogen and oxygen atoms in total. The third kappa shape index (κ3) is 2.88. The van der Waals surface area contributed by atoms with Crippen LogP contribution in [0.1, 0.15) is 12.0 Å². The number of ether oxygens (including phenoxy) is 2. The van der Waals surface area contributed by atoms with Crippen LogP contribution in [0.3, 0.4) is 0 Å². The summed E-state index contributed by atoms with van der Waals surface area (Å²) >= 11 is 0. The van der Waals surface area contributed by atoms with E-state index in [4.69, 9.17) is 14.7 Å². The molecule has 17 heavy (non-hydrogen) atoms. The quantitative estimate of drug-likeness (QED) is 0.863. The van der Waals surface area contributed by atoms with Gasteiger partial charge in [0.05, 0.1) is 26.0 Å². The van der Waals surface area contributed by atoms with Gasteiger partial charge in [0.25, 0.3) is 0 Å². The molecule has 1 rings (SSSR count). The molecule has 1 amide bonds. The lowest BCUT2D eigenvalue weighted by Crippen LogP contribution is -2.11. The Kier molecular flexibility index (Phi) is 4.35. The number of carbonyl (C=O) groups is 1. The number of amides is 1. The summed E-state index contributed by atoms with van der Waals surface area (Å²) in [7, 11) is 3.08. The van der Waals surface area contributed by atoms with Gasteiger partial charge in [-0.2, -0.15) is 5.26 Å². The van der Waals surface area contributed by atoms with Crippen molar-refractivity contribution in [1.29, 1.82) is 5.26 Å². The van der Waals surface area contributed by atoms with Crippen LogP contribution in [-0.2, 0) is 4.79 Å². The monoisotopic (exact) mass is 234 g/mol. The Hall–Kier alpha value is -2.22. The molecule has 0 heterocycles. The maximum Gasteiger partial charge on any atom is 0.238 e. The fourth-order valence-electron chi connectivity index (χ4n) is 1.52. The summed E-state index contributed by atoms with van der Waals surface area (Å²) in [6, 6.07) is 5.20. The Morgan fingerprint density at radius 1 is 1.41 bits per heavy atom. The molecular formula is C12H14N2O3. The van der Waals surface area contributed by atoms with Gasteiger partial charge in [-0.25, -0.2) is 0 Å². The lowest BCUT2D eigenvalue weighted by atomic mass is 10.1. The predicted molar refractivity (Wildman–Crippen MR) is 63.1 cm³/mol. The van der Waals surface area contributed by atoms with Crippen LogP contribution in [0, 0.1) is 18.3 Å². The van der Waals surface area contributed by atoms with Crippen LogP contribution >= 0.6 is 0 Å². The first-order valence-corrected chi connectivity index (χ1v) is 5.02. The third-order valence-electron chi connectivity index (χ3n) is 2.29. The summed E-state index contributed by atoms with van der Waals surface area (Å²) in [5.74, 6) is 0.853. The van der Waals surface area contributed by atoms with Crippen LogP contribution in [0.25, 0.3) is 0 Å². The maximum atomic E-state index is 11.3. The zero-order valence-electron chi connectivity index (χ0n) is 10.0. The molecule has 0 aliphatic carbocycles. The standard InChI is InChI=1S/C12H14N2O3/c1-8-10(16-2)5-4-9(12(8)17-3)14-11(15)6-7-13/h4-5H,6H2,1-3H3,(H,14,15). The second-order valence-corrected chi connectivity index (χ2v) is 3.36. The van der Waals surface area contributed by atoms with E-state index in [-0.39, 0.29) is 12.3 Å². The molecule has 5 heteroatoms. The van der Waals surface area contributed by atoms with E-state index in [1.807, 2.05) is 6.92 Å². The van der Waals surface area contributed by atoms with Gasteiger partial charge < -0.3 is 14.8 Å². The van der Waals surface area contributed by atoms with Gasteiger partial charge in [-0.3, -0.25) is 4.79 Å². The van der Waals surface area contributed by atoms with Crippen molar-refractivity contribution in [2.45, 2.75) is 13.3 Å². The van der Waals surface area contributed by atoms with E-state index in [2.05, 4.69) is 5.32 Å². The van der Waals surface area contributed by atoms with E-state index >= 15 is 0 Å². The summed E-state index contributed by atoms with van der Waals surface area (Å²) in [5, 5.41) is 11.0. The van der Waals surface area contributed by atoms with E-state index < -0.39 is 0 Å². The molecule has 0 atom stereocenters. The van der Waals surface area contributed by atoms with Gasteiger partial charge in [0, 0.05) is 5.56 Å². The number of anilines is 1. The Morgan fingerprint density at radius 2 is 2.12 bits per heavy atom. The molecule has 90 valence electrons. The third-order valence-corrected chi connectivity index (χ3v) is 2.29. The average Bonchev–Trinajstić information content (AvgIpc) is 2.30. The first-order valence-electron chi connectivity index (χ1n) is 5.02. The number of nitriles is 1. The lowest BCUT2D eigenvalue weighted by Gasteiger charge is -2.14. The molecule has 0 aliphatic rings. The van der Waals surface area contributed by atoms with Crippen molar-refractivity contribution < 1.29 is 14.3 Å². The van der Waals surface area contributed by atoms with Crippen molar-refractivity contribution in [2.75, 3.05) is 19.5 Å². The van der Waals surface area contributed by atoms with Crippen LogP contribution < -0.4 is 14.8 Å². The summed E-state index contributed by atoms with van der Waals surface area (Å²) in [6.45, 7) is 1.83. The number of benzene rings is 1. The normalized spacial score (nSPS) is 9.29. The molecule has 0 unspecified atom stereocenters. The average molecular weight is 234 g/mol. The topological polar surface area (TPSA) is 71.3 Å². The maximum absolute atomic E-state index is 11.3. The Balaban J connectivity index is 3.05. The number of nitrogens with zero attached hydrogens (tertiary/aromatic N) is 1. The number of nitrogens with one attached hydrogen (secondary N) is 1. The number of methoxy groups -OCH3 is 2. The Labute approximate surface area is 100.0 Å². The van der Waals surface area contributed by atoms with Gasteiger partial charge in [0.2, 0.25) is 5.91 Å². The largest absolute Gasteiger partial charge is 0.496 e. The molecule has 0 spiro atoms. The highest BCUT2D eigenvalue weighted by Gasteiger charge is 2.12. The van der Waals surface area contributed by atoms with E-state index in [0.717, 1.165) is 5.56 Å². The second-order valence-electron chi connectivity index (χ2n) is 3.36. The minimum Gasteiger partial charge on any atom is -0.496 e. The smallest absolute Gasteiger partial charge is 0.238 e. The van der Waals surface area contributed by atoms with Crippen molar-refractivity contribution in [3.63, 3.8) is 0 Å². The zero-order chi connectivity index (χ0) is 12.8. The molecule has 0 aromatic heterocycles. The number of hydrogen-bond acceptors (Lipinski definition) is 4. The number of carbonyl (C=O) groups excluding carboxylic acids is 1. The Morgan fingerprint density at radius 3 is 2.65 bits per heavy atom. The van der Waals surface area contributed by atoms with Crippen molar-refractivity contribution in [3.8, 4) is 17.6 Å². The van der Waals surface area contributed by atoms with Crippen LogP contribution in [0.5, 0.6) is 11.5 Å². The van der Waals surface area contributed by atoms with Crippen molar-refractivity contribution in [2.24, 2.45) is 0 Å². The molecule has 0 saturated carbocycles. The first kappa shape index (κ1) is 12.8. The van der Waals surface area contributed by atoms with Gasteiger partial charge in [-0.05, 0) is 19.1 Å². The summed E-state index contributed by atoms with van der Waals surface area (Å²) in [4.78, 5) is 11.3. The predicted octanol–water partition coefficient (Wildman–Crippen LogP) is 1.86. The molecule has 0 bridgehead atoms. The Bertz CT molecular complexity index is 464. The van der Waals surface area contributed by atoms with Crippen molar-refractivity contribution >= 4 is 11.6 Å². The minimum absolute atomic E-state index is 0.186. The van der Waals surface area contributed by atoms with Gasteiger partial charge in [0.1, 0.15) is 17.9 Å². The lowest BCUT2D eigenvalue weighted by molar-refractivity contribution is -0.115. The molecule has 1 aromatic carbocycles. The van der Waals surface area contributed by atoms with E-state index in [9.17, 15) is 4.79 Å². The van der Waals surface area contributed by atoms with Crippen molar-refractivity contribution in [1.82, 2.24) is 0 Å². The van der Waals surface area contributed by atoms with Gasteiger partial charge in [0.15, 0.2) is 0 Å². The molecule has 0 saturated heterocycles. The van der Waals surface area contributed by atoms with Gasteiger partial charge in [-0.1, -0.05) is 0 Å². The van der Waals surface area contributed by atoms with Gasteiger partial charge >= 0.3 is 0 Å². The first-order chi connectivity index (χ1) is 8.13. The summed E-state index contributed by atoms with van der Waals surface area (Å²) < 4.78 is 10.4. The molecule has 0 fully saturated rings. The van der Waals surface area contributed by atoms with Gasteiger partial charge in [-0.15, -0.1) is 0 Å². The van der Waals surface area contributed by atoms with Crippen molar-refractivity contribution in [3.05, 3.63) is 17.7 Å². The fraction of sp³-hybridized carbons (Fsp3) is 0.333. The van der Waals surface area contributed by atoms with E-state index in [0.29, 0.717) is 17.2 Å².